The standard InChI is InChI=1S/C28H34BN3O5/c1-2-32(25-13-15-37-16-14-25)28(34)24(20-30)18-23-10-6-9-22(17-23)11-12-27(33)31-26(29(35)36)19-21-7-4-3-5-8-21/h3-10,17-18,25-26,35-36H,2,11-16,19H2,1H3,(H,31,33)/t26-/m0/s1. The zero-order valence-corrected chi connectivity index (χ0v) is 21.2. The molecule has 194 valence electrons. The number of carbonyl (C=O) groups excluding carboxylic acids is 2. The van der Waals surface area contributed by atoms with Crippen LogP contribution in [-0.2, 0) is 27.2 Å². The van der Waals surface area contributed by atoms with Crippen molar-refractivity contribution >= 4 is 25.0 Å². The molecule has 0 unspecified atom stereocenters. The van der Waals surface area contributed by atoms with E-state index in [1.54, 1.807) is 11.0 Å². The van der Waals surface area contributed by atoms with Crippen LogP contribution in [0.1, 0.15) is 42.9 Å². The van der Waals surface area contributed by atoms with Gasteiger partial charge in [-0.3, -0.25) is 9.59 Å². The number of carbonyl (C=O) groups is 2. The van der Waals surface area contributed by atoms with Crippen LogP contribution in [0.15, 0.2) is 60.2 Å². The quantitative estimate of drug-likeness (QED) is 0.246. The van der Waals surface area contributed by atoms with Crippen LogP contribution in [0.3, 0.4) is 0 Å². The smallest absolute Gasteiger partial charge is 0.426 e. The van der Waals surface area contributed by atoms with Gasteiger partial charge in [-0.1, -0.05) is 54.6 Å². The SMILES string of the molecule is CCN(C(=O)C(C#N)=Cc1cccc(CCC(=O)N[C@@H](Cc2ccccc2)B(O)O)c1)C1CCOCC1. The van der Waals surface area contributed by atoms with Gasteiger partial charge in [0.1, 0.15) is 11.6 Å². The molecule has 0 spiro atoms. The highest BCUT2D eigenvalue weighted by molar-refractivity contribution is 6.43. The molecule has 0 aromatic heterocycles. The van der Waals surface area contributed by atoms with Gasteiger partial charge in [0.05, 0.1) is 5.94 Å². The lowest BCUT2D eigenvalue weighted by molar-refractivity contribution is -0.130. The predicted molar refractivity (Wildman–Crippen MR) is 142 cm³/mol. The Balaban J connectivity index is 1.61. The summed E-state index contributed by atoms with van der Waals surface area (Å²) in [7, 11) is -1.68. The molecule has 1 aliphatic heterocycles. The van der Waals surface area contributed by atoms with Gasteiger partial charge >= 0.3 is 7.12 Å². The van der Waals surface area contributed by atoms with E-state index in [1.807, 2.05) is 61.5 Å². The van der Waals surface area contributed by atoms with Gasteiger partial charge in [0.2, 0.25) is 5.91 Å². The second-order valence-corrected chi connectivity index (χ2v) is 9.13. The topological polar surface area (TPSA) is 123 Å². The van der Waals surface area contributed by atoms with Crippen molar-refractivity contribution in [3.63, 3.8) is 0 Å². The van der Waals surface area contributed by atoms with E-state index >= 15 is 0 Å². The first-order valence-electron chi connectivity index (χ1n) is 12.7. The fraction of sp³-hybridized carbons (Fsp3) is 0.393. The Kier molecular flexibility index (Phi) is 10.9. The van der Waals surface area contributed by atoms with E-state index in [2.05, 4.69) is 11.4 Å². The third-order valence-electron chi connectivity index (χ3n) is 6.49. The maximum Gasteiger partial charge on any atom is 0.475 e. The number of benzene rings is 2. The molecule has 1 saturated heterocycles. The number of hydrogen-bond donors (Lipinski definition) is 3. The Morgan fingerprint density at radius 3 is 2.51 bits per heavy atom. The van der Waals surface area contributed by atoms with Crippen molar-refractivity contribution in [1.29, 1.82) is 5.26 Å². The third kappa shape index (κ3) is 8.57. The molecule has 9 heteroatoms. The van der Waals surface area contributed by atoms with Gasteiger partial charge < -0.3 is 25.0 Å². The summed E-state index contributed by atoms with van der Waals surface area (Å²) < 4.78 is 5.40. The van der Waals surface area contributed by atoms with Gasteiger partial charge in [-0.05, 0) is 55.4 Å². The molecule has 1 heterocycles. The fourth-order valence-corrected chi connectivity index (χ4v) is 4.50. The van der Waals surface area contributed by atoms with Gasteiger partial charge in [0.25, 0.3) is 5.91 Å². The summed E-state index contributed by atoms with van der Waals surface area (Å²) in [5.74, 6) is -1.39. The van der Waals surface area contributed by atoms with Crippen molar-refractivity contribution in [2.45, 2.75) is 51.0 Å². The monoisotopic (exact) mass is 503 g/mol. The molecule has 0 radical (unpaired) electrons. The Hall–Kier alpha value is -3.45. The minimum Gasteiger partial charge on any atom is -0.426 e. The molecule has 1 atom stereocenters. The Morgan fingerprint density at radius 2 is 1.86 bits per heavy atom. The van der Waals surface area contributed by atoms with E-state index in [4.69, 9.17) is 4.74 Å². The Labute approximate surface area is 218 Å². The lowest BCUT2D eigenvalue weighted by atomic mass is 9.76. The van der Waals surface area contributed by atoms with Crippen molar-refractivity contribution in [2.24, 2.45) is 0 Å². The van der Waals surface area contributed by atoms with Crippen LogP contribution >= 0.6 is 0 Å². The summed E-state index contributed by atoms with van der Waals surface area (Å²) in [6.45, 7) is 3.65. The van der Waals surface area contributed by atoms with Gasteiger partial charge in [-0.25, -0.2) is 0 Å². The van der Waals surface area contributed by atoms with Gasteiger partial charge in [0.15, 0.2) is 0 Å². The zero-order chi connectivity index (χ0) is 26.6. The van der Waals surface area contributed by atoms with Gasteiger partial charge in [-0.15, -0.1) is 0 Å². The first kappa shape index (κ1) is 28.1. The molecule has 3 rings (SSSR count). The van der Waals surface area contributed by atoms with Gasteiger partial charge in [-0.2, -0.15) is 5.26 Å². The molecule has 1 fully saturated rings. The van der Waals surface area contributed by atoms with E-state index in [1.165, 1.54) is 0 Å². The average molecular weight is 503 g/mol. The minimum absolute atomic E-state index is 0.0657. The maximum absolute atomic E-state index is 13.1. The van der Waals surface area contributed by atoms with Crippen molar-refractivity contribution in [3.05, 3.63) is 76.9 Å². The second-order valence-electron chi connectivity index (χ2n) is 9.13. The summed E-state index contributed by atoms with van der Waals surface area (Å²) in [5, 5.41) is 31.8. The van der Waals surface area contributed by atoms with Gasteiger partial charge in [0, 0.05) is 32.2 Å². The van der Waals surface area contributed by atoms with E-state index in [0.29, 0.717) is 38.2 Å². The molecule has 2 aromatic rings. The molecule has 2 amide bonds. The van der Waals surface area contributed by atoms with Crippen molar-refractivity contribution < 1.29 is 24.4 Å². The van der Waals surface area contributed by atoms with Crippen molar-refractivity contribution in [1.82, 2.24) is 10.2 Å². The Morgan fingerprint density at radius 1 is 1.16 bits per heavy atom. The molecule has 0 saturated carbocycles. The number of nitrogens with one attached hydrogen (secondary N) is 1. The van der Waals surface area contributed by atoms with Crippen molar-refractivity contribution in [2.75, 3.05) is 19.8 Å². The number of amides is 2. The Bertz CT molecular complexity index is 1110. The number of rotatable bonds is 11. The second kappa shape index (κ2) is 14.3. The van der Waals surface area contributed by atoms with Crippen LogP contribution in [-0.4, -0.2) is 65.6 Å². The number of likely N-dealkylation sites (N-methyl/N-ethyl adjacent to an activating group) is 1. The van der Waals surface area contributed by atoms with E-state index in [0.717, 1.165) is 24.0 Å². The molecule has 0 aliphatic carbocycles. The maximum atomic E-state index is 13.1. The normalized spacial score (nSPS) is 14.9. The fourth-order valence-electron chi connectivity index (χ4n) is 4.50. The van der Waals surface area contributed by atoms with Crippen LogP contribution in [0.25, 0.3) is 6.08 Å². The van der Waals surface area contributed by atoms with Crippen LogP contribution in [0.4, 0.5) is 0 Å². The van der Waals surface area contributed by atoms with Crippen LogP contribution in [0.2, 0.25) is 0 Å². The molecule has 8 nitrogen and oxygen atoms in total. The van der Waals surface area contributed by atoms with E-state index in [9.17, 15) is 24.9 Å². The first-order chi connectivity index (χ1) is 17.9. The number of nitriles is 1. The number of aryl methyl sites for hydroxylation is 1. The third-order valence-corrected chi connectivity index (χ3v) is 6.49. The van der Waals surface area contributed by atoms with Crippen LogP contribution in [0.5, 0.6) is 0 Å². The largest absolute Gasteiger partial charge is 0.475 e. The molecule has 2 aromatic carbocycles. The summed E-state index contributed by atoms with van der Waals surface area (Å²) in [6, 6.07) is 18.8. The molecule has 3 N–H and O–H groups in total. The average Bonchev–Trinajstić information content (AvgIpc) is 2.92. The lowest BCUT2D eigenvalue weighted by Crippen LogP contribution is -2.47. The summed E-state index contributed by atoms with van der Waals surface area (Å²) in [6.07, 6.45) is 3.99. The molecule has 1 aliphatic rings. The first-order valence-corrected chi connectivity index (χ1v) is 12.7. The molecular weight excluding hydrogens is 469 g/mol. The molecule has 0 bridgehead atoms. The molecule has 37 heavy (non-hydrogen) atoms. The minimum atomic E-state index is -1.68. The lowest BCUT2D eigenvalue weighted by Gasteiger charge is -2.33. The highest BCUT2D eigenvalue weighted by Gasteiger charge is 2.27. The highest BCUT2D eigenvalue weighted by Crippen LogP contribution is 2.19. The zero-order valence-electron chi connectivity index (χ0n) is 21.2. The summed E-state index contributed by atoms with van der Waals surface area (Å²) >= 11 is 0. The van der Waals surface area contributed by atoms with Crippen molar-refractivity contribution in [3.8, 4) is 6.07 Å². The van der Waals surface area contributed by atoms with E-state index < -0.39 is 13.1 Å². The van der Waals surface area contributed by atoms with E-state index in [-0.39, 0.29) is 29.9 Å². The summed E-state index contributed by atoms with van der Waals surface area (Å²) in [4.78, 5) is 27.4. The molecular formula is C28H34BN3O5. The highest BCUT2D eigenvalue weighted by atomic mass is 16.5. The number of hydrogen-bond acceptors (Lipinski definition) is 6. The van der Waals surface area contributed by atoms with Crippen LogP contribution < -0.4 is 5.32 Å². The number of nitrogens with zero attached hydrogens (tertiary/aromatic N) is 2. The summed E-state index contributed by atoms with van der Waals surface area (Å²) in [5.41, 5.74) is 2.54. The van der Waals surface area contributed by atoms with Crippen LogP contribution in [0, 0.1) is 11.3 Å². The number of ether oxygens (including phenoxy) is 1. The predicted octanol–water partition coefficient (Wildman–Crippen LogP) is 2.29.